The lowest BCUT2D eigenvalue weighted by Gasteiger charge is -2.12. The van der Waals surface area contributed by atoms with Crippen LogP contribution in [0.25, 0.3) is 0 Å². The number of aromatic nitrogens is 2. The van der Waals surface area contributed by atoms with Crippen LogP contribution in [0, 0.1) is 5.82 Å². The molecule has 1 amide bonds. The van der Waals surface area contributed by atoms with Crippen LogP contribution in [0.3, 0.4) is 0 Å². The van der Waals surface area contributed by atoms with E-state index in [0.29, 0.717) is 22.9 Å². The summed E-state index contributed by atoms with van der Waals surface area (Å²) in [6.45, 7) is 0. The van der Waals surface area contributed by atoms with Gasteiger partial charge in [0.2, 0.25) is 5.95 Å². The van der Waals surface area contributed by atoms with Crippen molar-refractivity contribution in [2.45, 2.75) is 0 Å². The van der Waals surface area contributed by atoms with E-state index in [1.54, 1.807) is 32.4 Å². The maximum absolute atomic E-state index is 13.0. The molecule has 0 aliphatic rings. The molecule has 0 unspecified atom stereocenters. The van der Waals surface area contributed by atoms with E-state index in [4.69, 9.17) is 9.47 Å². The van der Waals surface area contributed by atoms with Crippen LogP contribution in [0.4, 0.5) is 21.7 Å². The van der Waals surface area contributed by atoms with Gasteiger partial charge in [-0.3, -0.25) is 4.79 Å². The summed E-state index contributed by atoms with van der Waals surface area (Å²) in [7, 11) is 3.10. The molecule has 7 nitrogen and oxygen atoms in total. The minimum atomic E-state index is -0.440. The summed E-state index contributed by atoms with van der Waals surface area (Å²) in [6, 6.07) is 12.2. The lowest BCUT2D eigenvalue weighted by atomic mass is 10.2. The molecule has 2 aromatic carbocycles. The van der Waals surface area contributed by atoms with Gasteiger partial charge < -0.3 is 20.1 Å². The molecule has 2 N–H and O–H groups in total. The Hall–Kier alpha value is -3.68. The topological polar surface area (TPSA) is 85.4 Å². The number of nitrogens with one attached hydrogen (secondary N) is 2. The maximum Gasteiger partial charge on any atom is 0.274 e. The number of halogens is 1. The number of carbonyl (C=O) groups is 1. The van der Waals surface area contributed by atoms with Gasteiger partial charge in [0.1, 0.15) is 23.0 Å². The molecule has 0 aliphatic carbocycles. The fraction of sp³-hybridized carbons (Fsp3) is 0.105. The van der Waals surface area contributed by atoms with E-state index in [9.17, 15) is 9.18 Å². The Balaban J connectivity index is 1.79. The first-order chi connectivity index (χ1) is 13.1. The molecular formula is C19H17FN4O3. The third-order valence-corrected chi connectivity index (χ3v) is 3.64. The summed E-state index contributed by atoms with van der Waals surface area (Å²) in [4.78, 5) is 20.7. The van der Waals surface area contributed by atoms with E-state index in [1.807, 2.05) is 0 Å². The van der Waals surface area contributed by atoms with Gasteiger partial charge in [0.25, 0.3) is 5.91 Å². The zero-order valence-corrected chi connectivity index (χ0v) is 14.7. The molecule has 0 fully saturated rings. The standard InChI is InChI=1S/C19H17FN4O3/c1-26-14-7-8-17(27-2)16(11-14)24-19-21-10-9-15(23-19)18(25)22-13-5-3-12(20)4-6-13/h3-11H,1-2H3,(H,22,25)(H,21,23,24). The molecule has 1 aromatic heterocycles. The predicted octanol–water partition coefficient (Wildman–Crippen LogP) is 3.63. The van der Waals surface area contributed by atoms with Crippen LogP contribution in [0.1, 0.15) is 10.5 Å². The van der Waals surface area contributed by atoms with Crippen molar-refractivity contribution in [2.24, 2.45) is 0 Å². The van der Waals surface area contributed by atoms with Crippen LogP contribution in [0.5, 0.6) is 11.5 Å². The van der Waals surface area contributed by atoms with Crippen molar-refractivity contribution in [3.8, 4) is 11.5 Å². The van der Waals surface area contributed by atoms with Gasteiger partial charge >= 0.3 is 0 Å². The molecule has 0 radical (unpaired) electrons. The van der Waals surface area contributed by atoms with Crippen LogP contribution in [0.2, 0.25) is 0 Å². The number of benzene rings is 2. The van der Waals surface area contributed by atoms with Crippen molar-refractivity contribution in [1.29, 1.82) is 0 Å². The van der Waals surface area contributed by atoms with Gasteiger partial charge in [0.05, 0.1) is 19.9 Å². The molecule has 8 heteroatoms. The highest BCUT2D eigenvalue weighted by molar-refractivity contribution is 6.03. The molecule has 0 aliphatic heterocycles. The number of hydrogen-bond donors (Lipinski definition) is 2. The number of nitrogens with zero attached hydrogens (tertiary/aromatic N) is 2. The van der Waals surface area contributed by atoms with E-state index < -0.39 is 5.91 Å². The number of amides is 1. The zero-order valence-electron chi connectivity index (χ0n) is 14.7. The minimum absolute atomic E-state index is 0.152. The van der Waals surface area contributed by atoms with Crippen molar-refractivity contribution < 1.29 is 18.7 Å². The highest BCUT2D eigenvalue weighted by Crippen LogP contribution is 2.30. The van der Waals surface area contributed by atoms with Gasteiger partial charge in [0.15, 0.2) is 0 Å². The summed E-state index contributed by atoms with van der Waals surface area (Å²) in [6.07, 6.45) is 1.46. The summed E-state index contributed by atoms with van der Waals surface area (Å²) in [5, 5.41) is 5.66. The molecule has 138 valence electrons. The summed E-state index contributed by atoms with van der Waals surface area (Å²) in [5.74, 6) is 0.593. The van der Waals surface area contributed by atoms with Gasteiger partial charge in [0, 0.05) is 18.0 Å². The molecule has 1 heterocycles. The monoisotopic (exact) mass is 368 g/mol. The maximum atomic E-state index is 13.0. The molecule has 3 aromatic rings. The van der Waals surface area contributed by atoms with Crippen molar-refractivity contribution in [1.82, 2.24) is 9.97 Å². The first-order valence-corrected chi connectivity index (χ1v) is 7.98. The fourth-order valence-electron chi connectivity index (χ4n) is 2.31. The molecule has 0 saturated carbocycles. The smallest absolute Gasteiger partial charge is 0.274 e. The van der Waals surface area contributed by atoms with Crippen molar-refractivity contribution in [2.75, 3.05) is 24.9 Å². The normalized spacial score (nSPS) is 10.2. The Morgan fingerprint density at radius 3 is 2.52 bits per heavy atom. The number of rotatable bonds is 6. The Kier molecular flexibility index (Phi) is 5.46. The molecule has 0 spiro atoms. The van der Waals surface area contributed by atoms with Gasteiger partial charge in [-0.25, -0.2) is 14.4 Å². The van der Waals surface area contributed by atoms with Crippen molar-refractivity contribution in [3.05, 3.63) is 66.2 Å². The van der Waals surface area contributed by atoms with Gasteiger partial charge in [-0.05, 0) is 42.5 Å². The Morgan fingerprint density at radius 1 is 1.04 bits per heavy atom. The number of ether oxygens (including phenoxy) is 2. The minimum Gasteiger partial charge on any atom is -0.497 e. The number of methoxy groups -OCH3 is 2. The van der Waals surface area contributed by atoms with E-state index in [1.165, 1.54) is 36.5 Å². The Bertz CT molecular complexity index is 948. The second kappa shape index (κ2) is 8.13. The lowest BCUT2D eigenvalue weighted by molar-refractivity contribution is 0.102. The van der Waals surface area contributed by atoms with Crippen LogP contribution < -0.4 is 20.1 Å². The third-order valence-electron chi connectivity index (χ3n) is 3.64. The predicted molar refractivity (Wildman–Crippen MR) is 99.2 cm³/mol. The summed E-state index contributed by atoms with van der Waals surface area (Å²) >= 11 is 0. The second-order valence-electron chi connectivity index (χ2n) is 5.42. The highest BCUT2D eigenvalue weighted by atomic mass is 19.1. The average Bonchev–Trinajstić information content (AvgIpc) is 2.70. The van der Waals surface area contributed by atoms with E-state index in [0.717, 1.165) is 0 Å². The molecule has 3 rings (SSSR count). The quantitative estimate of drug-likeness (QED) is 0.691. The Morgan fingerprint density at radius 2 is 1.81 bits per heavy atom. The highest BCUT2D eigenvalue weighted by Gasteiger charge is 2.11. The second-order valence-corrected chi connectivity index (χ2v) is 5.42. The zero-order chi connectivity index (χ0) is 19.2. The van der Waals surface area contributed by atoms with Gasteiger partial charge in [-0.2, -0.15) is 0 Å². The molecule has 0 bridgehead atoms. The van der Waals surface area contributed by atoms with E-state index in [2.05, 4.69) is 20.6 Å². The van der Waals surface area contributed by atoms with Crippen LogP contribution >= 0.6 is 0 Å². The van der Waals surface area contributed by atoms with E-state index >= 15 is 0 Å². The van der Waals surface area contributed by atoms with Crippen LogP contribution in [-0.4, -0.2) is 30.1 Å². The number of anilines is 3. The third kappa shape index (κ3) is 4.49. The van der Waals surface area contributed by atoms with Gasteiger partial charge in [-0.1, -0.05) is 0 Å². The lowest BCUT2D eigenvalue weighted by Crippen LogP contribution is -2.14. The first-order valence-electron chi connectivity index (χ1n) is 7.98. The Labute approximate surface area is 155 Å². The molecule has 0 atom stereocenters. The fourth-order valence-corrected chi connectivity index (χ4v) is 2.31. The molecular weight excluding hydrogens is 351 g/mol. The summed E-state index contributed by atoms with van der Waals surface area (Å²) < 4.78 is 23.5. The molecule has 27 heavy (non-hydrogen) atoms. The SMILES string of the molecule is COc1ccc(OC)c(Nc2nccc(C(=O)Nc3ccc(F)cc3)n2)c1. The molecule has 0 saturated heterocycles. The average molecular weight is 368 g/mol. The summed E-state index contributed by atoms with van der Waals surface area (Å²) in [5.41, 5.74) is 1.20. The number of hydrogen-bond acceptors (Lipinski definition) is 6. The largest absolute Gasteiger partial charge is 0.497 e. The van der Waals surface area contributed by atoms with Crippen LogP contribution in [-0.2, 0) is 0 Å². The van der Waals surface area contributed by atoms with E-state index in [-0.39, 0.29) is 17.5 Å². The number of carbonyl (C=O) groups excluding carboxylic acids is 1. The van der Waals surface area contributed by atoms with Crippen molar-refractivity contribution >= 4 is 23.2 Å². The van der Waals surface area contributed by atoms with Crippen molar-refractivity contribution in [3.63, 3.8) is 0 Å². The van der Waals surface area contributed by atoms with Crippen LogP contribution in [0.15, 0.2) is 54.7 Å². The van der Waals surface area contributed by atoms with Gasteiger partial charge in [-0.15, -0.1) is 0 Å². The first kappa shape index (κ1) is 18.1.